The molecule has 0 heterocycles. The lowest BCUT2D eigenvalue weighted by molar-refractivity contribution is -0.153. The number of carbonyl (C=O) groups is 3. The zero-order chi connectivity index (χ0) is 19.9. The van der Waals surface area contributed by atoms with Gasteiger partial charge in [0, 0.05) is 37.3 Å². The van der Waals surface area contributed by atoms with Crippen LogP contribution in [0.3, 0.4) is 0 Å². The van der Waals surface area contributed by atoms with E-state index in [4.69, 9.17) is 9.47 Å². The molecule has 1 aromatic carbocycles. The van der Waals surface area contributed by atoms with Crippen molar-refractivity contribution in [2.24, 2.45) is 17.3 Å². The molecule has 0 radical (unpaired) electrons. The monoisotopic (exact) mass is 372 g/mol. The van der Waals surface area contributed by atoms with Crippen molar-refractivity contribution in [2.75, 3.05) is 0 Å². The molecule has 0 saturated heterocycles. The number of carbonyl (C=O) groups excluding carboxylic acids is 3. The molecule has 2 aliphatic rings. The lowest BCUT2D eigenvalue weighted by Crippen LogP contribution is -2.38. The number of rotatable bonds is 2. The van der Waals surface area contributed by atoms with Crippen LogP contribution in [0.1, 0.15) is 81.0 Å². The lowest BCUT2D eigenvalue weighted by Gasteiger charge is -2.45. The molecule has 3 atom stereocenters. The first-order chi connectivity index (χ1) is 12.6. The summed E-state index contributed by atoms with van der Waals surface area (Å²) >= 11 is 0. The molecule has 2 aliphatic carbocycles. The van der Waals surface area contributed by atoms with Crippen LogP contribution in [0.4, 0.5) is 0 Å². The lowest BCUT2D eigenvalue weighted by atomic mass is 9.61. The van der Waals surface area contributed by atoms with E-state index in [0.717, 1.165) is 24.8 Å². The standard InChI is InChI=1S/C22H28O5/c1-12-9-16-17(10-20(12)26-13(2)23)21(27-14(3)24)15-7-6-8-22(4,5)18(15)11-19(16)25/h9-10,15,18,21H,6-8,11H2,1-5H3. The summed E-state index contributed by atoms with van der Waals surface area (Å²) < 4.78 is 11.1. The van der Waals surface area contributed by atoms with Gasteiger partial charge >= 0.3 is 11.9 Å². The van der Waals surface area contributed by atoms with E-state index < -0.39 is 12.1 Å². The first-order valence-electron chi connectivity index (χ1n) is 9.63. The van der Waals surface area contributed by atoms with E-state index >= 15 is 0 Å². The minimum Gasteiger partial charge on any atom is -0.457 e. The van der Waals surface area contributed by atoms with Gasteiger partial charge in [-0.3, -0.25) is 14.4 Å². The van der Waals surface area contributed by atoms with Crippen molar-refractivity contribution in [3.05, 3.63) is 28.8 Å². The Morgan fingerprint density at radius 2 is 1.85 bits per heavy atom. The van der Waals surface area contributed by atoms with Crippen molar-refractivity contribution in [3.8, 4) is 5.75 Å². The molecule has 3 unspecified atom stereocenters. The highest BCUT2D eigenvalue weighted by Gasteiger charge is 2.47. The first kappa shape index (κ1) is 19.6. The number of Topliss-reactive ketones (excluding diaryl/α,β-unsaturated/α-hetero) is 1. The van der Waals surface area contributed by atoms with E-state index in [0.29, 0.717) is 23.3 Å². The second-order valence-corrected chi connectivity index (χ2v) is 8.61. The average molecular weight is 372 g/mol. The van der Waals surface area contributed by atoms with Gasteiger partial charge in [-0.25, -0.2) is 0 Å². The number of ether oxygens (including phenoxy) is 2. The highest BCUT2D eigenvalue weighted by molar-refractivity contribution is 5.99. The Bertz CT molecular complexity index is 792. The molecule has 0 spiro atoms. The Balaban J connectivity index is 2.17. The summed E-state index contributed by atoms with van der Waals surface area (Å²) in [7, 11) is 0. The number of hydrogen-bond acceptors (Lipinski definition) is 5. The van der Waals surface area contributed by atoms with Crippen LogP contribution in [0.25, 0.3) is 0 Å². The minimum atomic E-state index is -0.497. The topological polar surface area (TPSA) is 69.7 Å². The van der Waals surface area contributed by atoms with E-state index in [2.05, 4.69) is 13.8 Å². The van der Waals surface area contributed by atoms with E-state index in [-0.39, 0.29) is 29.0 Å². The quantitative estimate of drug-likeness (QED) is 0.562. The Hall–Kier alpha value is -2.17. The summed E-state index contributed by atoms with van der Waals surface area (Å²) in [4.78, 5) is 36.5. The number of esters is 2. The van der Waals surface area contributed by atoms with E-state index in [9.17, 15) is 14.4 Å². The van der Waals surface area contributed by atoms with Crippen LogP contribution < -0.4 is 4.74 Å². The van der Waals surface area contributed by atoms with Crippen molar-refractivity contribution >= 4 is 17.7 Å². The third-order valence-electron chi connectivity index (χ3n) is 6.17. The van der Waals surface area contributed by atoms with Gasteiger partial charge in [0.15, 0.2) is 5.78 Å². The summed E-state index contributed by atoms with van der Waals surface area (Å²) in [5, 5.41) is 0. The highest BCUT2D eigenvalue weighted by atomic mass is 16.5. The van der Waals surface area contributed by atoms with E-state index in [1.54, 1.807) is 12.1 Å². The van der Waals surface area contributed by atoms with Crippen LogP contribution in [-0.4, -0.2) is 17.7 Å². The number of fused-ring (bicyclic) bond motifs is 2. The fourth-order valence-corrected chi connectivity index (χ4v) is 4.87. The van der Waals surface area contributed by atoms with Gasteiger partial charge < -0.3 is 9.47 Å². The Labute approximate surface area is 160 Å². The number of aryl methyl sites for hydroxylation is 1. The van der Waals surface area contributed by atoms with Gasteiger partial charge in [-0.1, -0.05) is 20.3 Å². The molecular weight excluding hydrogens is 344 g/mol. The van der Waals surface area contributed by atoms with Gasteiger partial charge in [0.05, 0.1) is 0 Å². The summed E-state index contributed by atoms with van der Waals surface area (Å²) in [6, 6.07) is 3.50. The van der Waals surface area contributed by atoms with Crippen LogP contribution in [0.15, 0.2) is 12.1 Å². The molecule has 5 heteroatoms. The molecule has 5 nitrogen and oxygen atoms in total. The smallest absolute Gasteiger partial charge is 0.308 e. The van der Waals surface area contributed by atoms with Gasteiger partial charge in [-0.15, -0.1) is 0 Å². The highest BCUT2D eigenvalue weighted by Crippen LogP contribution is 2.54. The predicted octanol–water partition coefficient (Wildman–Crippen LogP) is 4.55. The number of benzene rings is 1. The maximum atomic E-state index is 13.1. The first-order valence-corrected chi connectivity index (χ1v) is 9.63. The molecule has 0 N–H and O–H groups in total. The van der Waals surface area contributed by atoms with Gasteiger partial charge in [0.2, 0.25) is 0 Å². The fraction of sp³-hybridized carbons (Fsp3) is 0.591. The molecule has 27 heavy (non-hydrogen) atoms. The van der Waals surface area contributed by atoms with Gasteiger partial charge in [-0.05, 0) is 48.8 Å². The molecule has 0 aromatic heterocycles. The second-order valence-electron chi connectivity index (χ2n) is 8.61. The molecule has 146 valence electrons. The van der Waals surface area contributed by atoms with Crippen molar-refractivity contribution in [1.82, 2.24) is 0 Å². The molecule has 0 aliphatic heterocycles. The van der Waals surface area contributed by atoms with Gasteiger partial charge in [0.25, 0.3) is 0 Å². The minimum absolute atomic E-state index is 0.00672. The van der Waals surface area contributed by atoms with Gasteiger partial charge in [0.1, 0.15) is 11.9 Å². The second kappa shape index (κ2) is 7.10. The van der Waals surface area contributed by atoms with Crippen LogP contribution in [0, 0.1) is 24.2 Å². The molecular formula is C22H28O5. The average Bonchev–Trinajstić information content (AvgIpc) is 2.65. The van der Waals surface area contributed by atoms with Crippen molar-refractivity contribution in [3.63, 3.8) is 0 Å². The largest absolute Gasteiger partial charge is 0.457 e. The van der Waals surface area contributed by atoms with Crippen molar-refractivity contribution in [2.45, 2.75) is 66.4 Å². The SMILES string of the molecule is CC(=O)Oc1cc2c(cc1C)C(=O)CC1C(CCCC1(C)C)C2OC(C)=O. The van der Waals surface area contributed by atoms with Crippen LogP contribution in [0.5, 0.6) is 5.75 Å². The third kappa shape index (κ3) is 3.78. The van der Waals surface area contributed by atoms with E-state index in [1.165, 1.54) is 13.8 Å². The zero-order valence-electron chi connectivity index (χ0n) is 16.8. The molecule has 3 rings (SSSR count). The summed E-state index contributed by atoms with van der Waals surface area (Å²) in [5.74, 6) is -0.0682. The molecule has 0 amide bonds. The van der Waals surface area contributed by atoms with Crippen LogP contribution in [-0.2, 0) is 14.3 Å². The Morgan fingerprint density at radius 1 is 1.15 bits per heavy atom. The normalized spacial score (nSPS) is 26.4. The summed E-state index contributed by atoms with van der Waals surface area (Å²) in [5.41, 5.74) is 1.98. The predicted molar refractivity (Wildman–Crippen MR) is 101 cm³/mol. The molecule has 0 bridgehead atoms. The molecule has 1 saturated carbocycles. The maximum Gasteiger partial charge on any atom is 0.308 e. The molecule has 1 aromatic rings. The Morgan fingerprint density at radius 3 is 2.48 bits per heavy atom. The summed E-state index contributed by atoms with van der Waals surface area (Å²) in [6.07, 6.45) is 2.97. The van der Waals surface area contributed by atoms with Crippen molar-refractivity contribution < 1.29 is 23.9 Å². The Kier molecular flexibility index (Phi) is 5.15. The maximum absolute atomic E-state index is 13.1. The summed E-state index contributed by atoms with van der Waals surface area (Å²) in [6.45, 7) is 8.96. The van der Waals surface area contributed by atoms with E-state index in [1.807, 2.05) is 6.92 Å². The number of hydrogen-bond donors (Lipinski definition) is 0. The zero-order valence-corrected chi connectivity index (χ0v) is 16.8. The van der Waals surface area contributed by atoms with Crippen LogP contribution in [0.2, 0.25) is 0 Å². The number of ketones is 1. The van der Waals surface area contributed by atoms with Crippen molar-refractivity contribution in [1.29, 1.82) is 0 Å². The molecule has 1 fully saturated rings. The van der Waals surface area contributed by atoms with Crippen LogP contribution >= 0.6 is 0 Å². The fourth-order valence-electron chi connectivity index (χ4n) is 4.87. The van der Waals surface area contributed by atoms with Gasteiger partial charge in [-0.2, -0.15) is 0 Å². The third-order valence-corrected chi connectivity index (χ3v) is 6.17.